The molecule has 0 unspecified atom stereocenters. The van der Waals surface area contributed by atoms with Gasteiger partial charge in [-0.2, -0.15) is 8.42 Å². The van der Waals surface area contributed by atoms with Crippen molar-refractivity contribution in [2.75, 3.05) is 17.5 Å². The van der Waals surface area contributed by atoms with Gasteiger partial charge in [0.05, 0.1) is 31.7 Å². The van der Waals surface area contributed by atoms with Gasteiger partial charge in [-0.25, -0.2) is 0 Å². The second-order valence-electron chi connectivity index (χ2n) is 4.19. The van der Waals surface area contributed by atoms with E-state index in [-0.39, 0.29) is 11.6 Å². The van der Waals surface area contributed by atoms with Crippen molar-refractivity contribution in [2.24, 2.45) is 0 Å². The molecule has 0 N–H and O–H groups in total. The van der Waals surface area contributed by atoms with Gasteiger partial charge in [-0.15, -0.1) is 0 Å². The van der Waals surface area contributed by atoms with E-state index in [1.165, 1.54) is 16.6 Å². The Bertz CT molecular complexity index is 664. The molecule has 0 radical (unpaired) electrons. The number of nitrogens with zero attached hydrogens (tertiary/aromatic N) is 1. The van der Waals surface area contributed by atoms with Crippen LogP contribution in [-0.2, 0) is 21.4 Å². The number of ether oxygens (including phenoxy) is 1. The number of hydrogen-bond donors (Lipinski definition) is 0. The monoisotopic (exact) mass is 279 g/mol. The van der Waals surface area contributed by atoms with E-state index in [0.717, 1.165) is 5.56 Å². The molecule has 1 aromatic carbocycles. The molecule has 0 amide bonds. The molecule has 6 heteroatoms. The number of anilines is 1. The van der Waals surface area contributed by atoms with Gasteiger partial charge in [0.15, 0.2) is 0 Å². The molecular formula is C13H13NO4S. The first-order valence-electron chi connectivity index (χ1n) is 5.91. The van der Waals surface area contributed by atoms with Gasteiger partial charge in [0.2, 0.25) is 5.09 Å². The van der Waals surface area contributed by atoms with Crippen molar-refractivity contribution in [3.63, 3.8) is 0 Å². The Morgan fingerprint density at radius 2 is 1.95 bits per heavy atom. The summed E-state index contributed by atoms with van der Waals surface area (Å²) in [7, 11) is -3.67. The number of furan rings is 1. The van der Waals surface area contributed by atoms with Crippen LogP contribution in [0.15, 0.2) is 52.2 Å². The van der Waals surface area contributed by atoms with E-state index in [0.29, 0.717) is 18.9 Å². The smallest absolute Gasteiger partial charge is 0.297 e. The summed E-state index contributed by atoms with van der Waals surface area (Å²) in [4.78, 5) is 0. The molecule has 19 heavy (non-hydrogen) atoms. The van der Waals surface area contributed by atoms with Crippen LogP contribution < -0.4 is 4.31 Å². The van der Waals surface area contributed by atoms with E-state index in [1.54, 1.807) is 12.1 Å². The van der Waals surface area contributed by atoms with Crippen LogP contribution in [0.2, 0.25) is 0 Å². The summed E-state index contributed by atoms with van der Waals surface area (Å²) in [5.41, 5.74) is 1.51. The van der Waals surface area contributed by atoms with Gasteiger partial charge in [-0.1, -0.05) is 18.2 Å². The topological polar surface area (TPSA) is 59.8 Å². The summed E-state index contributed by atoms with van der Waals surface area (Å²) in [5, 5.41) is -0.0517. The third-order valence-electron chi connectivity index (χ3n) is 3.00. The van der Waals surface area contributed by atoms with Gasteiger partial charge in [-0.3, -0.25) is 4.31 Å². The first-order chi connectivity index (χ1) is 9.19. The molecule has 5 nitrogen and oxygen atoms in total. The van der Waals surface area contributed by atoms with Crippen LogP contribution in [0.5, 0.6) is 0 Å². The Hall–Kier alpha value is -1.79. The summed E-state index contributed by atoms with van der Waals surface area (Å²) < 4.78 is 36.9. The molecule has 2 heterocycles. The van der Waals surface area contributed by atoms with E-state index in [1.807, 2.05) is 18.2 Å². The van der Waals surface area contributed by atoms with Gasteiger partial charge >= 0.3 is 0 Å². The fourth-order valence-electron chi connectivity index (χ4n) is 2.09. The SMILES string of the molecule is O=S(=O)(c1ccco1)N1CCOCc2ccccc21. The normalized spacial score (nSPS) is 15.9. The fourth-order valence-corrected chi connectivity index (χ4v) is 3.49. The van der Waals surface area contributed by atoms with Crippen molar-refractivity contribution in [3.8, 4) is 0 Å². The second kappa shape index (κ2) is 4.71. The molecule has 0 saturated heterocycles. The van der Waals surface area contributed by atoms with Gasteiger partial charge in [0.1, 0.15) is 0 Å². The predicted octanol–water partition coefficient (Wildman–Crippen LogP) is 2.01. The van der Waals surface area contributed by atoms with Gasteiger partial charge in [0.25, 0.3) is 10.0 Å². The third-order valence-corrected chi connectivity index (χ3v) is 4.70. The minimum atomic E-state index is -3.67. The van der Waals surface area contributed by atoms with Crippen LogP contribution in [0.1, 0.15) is 5.56 Å². The van der Waals surface area contributed by atoms with Crippen LogP contribution in [0.25, 0.3) is 0 Å². The van der Waals surface area contributed by atoms with Crippen molar-refractivity contribution in [1.29, 1.82) is 0 Å². The number of para-hydroxylation sites is 1. The molecule has 0 aliphatic carbocycles. The number of sulfonamides is 1. The average Bonchev–Trinajstić information content (AvgIpc) is 2.86. The number of hydrogen-bond acceptors (Lipinski definition) is 4. The van der Waals surface area contributed by atoms with Gasteiger partial charge in [-0.05, 0) is 18.2 Å². The van der Waals surface area contributed by atoms with Crippen molar-refractivity contribution in [2.45, 2.75) is 11.7 Å². The fraction of sp³-hybridized carbons (Fsp3) is 0.231. The lowest BCUT2D eigenvalue weighted by molar-refractivity contribution is 0.133. The minimum absolute atomic E-state index is 0.0517. The van der Waals surface area contributed by atoms with Crippen LogP contribution in [0.4, 0.5) is 5.69 Å². The van der Waals surface area contributed by atoms with Crippen molar-refractivity contribution >= 4 is 15.7 Å². The summed E-state index contributed by atoms with van der Waals surface area (Å²) in [6.07, 6.45) is 1.35. The highest BCUT2D eigenvalue weighted by Gasteiger charge is 2.30. The second-order valence-corrected chi connectivity index (χ2v) is 5.98. The predicted molar refractivity (Wildman–Crippen MR) is 69.3 cm³/mol. The van der Waals surface area contributed by atoms with Crippen LogP contribution in [0, 0.1) is 0 Å². The zero-order valence-electron chi connectivity index (χ0n) is 10.2. The minimum Gasteiger partial charge on any atom is -0.451 e. The van der Waals surface area contributed by atoms with Crippen molar-refractivity contribution in [3.05, 3.63) is 48.2 Å². The molecule has 100 valence electrons. The quantitative estimate of drug-likeness (QED) is 0.843. The summed E-state index contributed by atoms with van der Waals surface area (Å²) in [6.45, 7) is 1.05. The number of fused-ring (bicyclic) bond motifs is 1. The Balaban J connectivity index is 2.10. The molecule has 3 rings (SSSR count). The molecule has 1 aliphatic rings. The van der Waals surface area contributed by atoms with E-state index in [4.69, 9.17) is 9.15 Å². The maximum absolute atomic E-state index is 12.5. The zero-order valence-corrected chi connectivity index (χ0v) is 11.0. The lowest BCUT2D eigenvalue weighted by Crippen LogP contribution is -2.33. The highest BCUT2D eigenvalue weighted by atomic mass is 32.2. The van der Waals surface area contributed by atoms with E-state index >= 15 is 0 Å². The Morgan fingerprint density at radius 3 is 2.74 bits per heavy atom. The maximum atomic E-state index is 12.5. The highest BCUT2D eigenvalue weighted by Crippen LogP contribution is 2.29. The molecule has 0 spiro atoms. The van der Waals surface area contributed by atoms with Gasteiger partial charge < -0.3 is 9.15 Å². The summed E-state index contributed by atoms with van der Waals surface area (Å²) >= 11 is 0. The Kier molecular flexibility index (Phi) is 3.04. The van der Waals surface area contributed by atoms with E-state index < -0.39 is 10.0 Å². The molecule has 0 fully saturated rings. The maximum Gasteiger partial charge on any atom is 0.297 e. The van der Waals surface area contributed by atoms with Crippen molar-refractivity contribution < 1.29 is 17.6 Å². The van der Waals surface area contributed by atoms with E-state index in [2.05, 4.69) is 0 Å². The lowest BCUT2D eigenvalue weighted by atomic mass is 10.2. The standard InChI is InChI=1S/C13H13NO4S/c15-19(16,13-6-3-8-18-13)14-7-9-17-10-11-4-1-2-5-12(11)14/h1-6,8H,7,9-10H2. The molecular weight excluding hydrogens is 266 g/mol. The summed E-state index contributed by atoms with van der Waals surface area (Å²) in [6, 6.07) is 10.3. The van der Waals surface area contributed by atoms with Crippen LogP contribution in [-0.4, -0.2) is 21.6 Å². The molecule has 0 saturated carbocycles. The van der Waals surface area contributed by atoms with E-state index in [9.17, 15) is 8.42 Å². The van der Waals surface area contributed by atoms with Crippen LogP contribution >= 0.6 is 0 Å². The first-order valence-corrected chi connectivity index (χ1v) is 7.35. The molecule has 2 aromatic rings. The third kappa shape index (κ3) is 2.13. The Morgan fingerprint density at radius 1 is 1.11 bits per heavy atom. The van der Waals surface area contributed by atoms with Gasteiger partial charge in [0, 0.05) is 5.56 Å². The molecule has 1 aliphatic heterocycles. The highest BCUT2D eigenvalue weighted by molar-refractivity contribution is 7.92. The summed E-state index contributed by atoms with van der Waals surface area (Å²) in [5.74, 6) is 0. The molecule has 0 atom stereocenters. The zero-order chi connectivity index (χ0) is 13.3. The molecule has 1 aromatic heterocycles. The first kappa shape index (κ1) is 12.3. The van der Waals surface area contributed by atoms with Crippen LogP contribution in [0.3, 0.4) is 0 Å². The largest absolute Gasteiger partial charge is 0.451 e. The number of benzene rings is 1. The lowest BCUT2D eigenvalue weighted by Gasteiger charge is -2.22. The Labute approximate surface area is 111 Å². The average molecular weight is 279 g/mol. The van der Waals surface area contributed by atoms with Crippen molar-refractivity contribution in [1.82, 2.24) is 0 Å². The number of rotatable bonds is 2. The molecule has 0 bridgehead atoms.